The summed E-state index contributed by atoms with van der Waals surface area (Å²) in [6, 6.07) is 8.48. The second kappa shape index (κ2) is 14.4. The van der Waals surface area contributed by atoms with Crippen molar-refractivity contribution in [1.29, 1.82) is 5.26 Å². The topological polar surface area (TPSA) is 33.0 Å². The first-order valence-electron chi connectivity index (χ1n) is 13.5. The maximum atomic E-state index is 12.3. The first-order chi connectivity index (χ1) is 16.9. The van der Waals surface area contributed by atoms with E-state index in [9.17, 15) is 13.2 Å². The number of hydrogen-bond acceptors (Lipinski definition) is 2. The summed E-state index contributed by atoms with van der Waals surface area (Å²) in [6.45, 7) is 0. The van der Waals surface area contributed by atoms with Gasteiger partial charge in [0.1, 0.15) is 5.75 Å². The molecule has 1 aromatic carbocycles. The zero-order valence-corrected chi connectivity index (χ0v) is 20.8. The first kappa shape index (κ1) is 27.4. The molecule has 0 aromatic heterocycles. The molecule has 2 nitrogen and oxygen atoms in total. The van der Waals surface area contributed by atoms with Crippen LogP contribution in [-0.2, 0) is 0 Å². The van der Waals surface area contributed by atoms with Crippen molar-refractivity contribution < 1.29 is 17.9 Å². The molecule has 0 bridgehead atoms. The number of halogens is 3. The van der Waals surface area contributed by atoms with Crippen molar-refractivity contribution in [3.8, 4) is 11.8 Å². The van der Waals surface area contributed by atoms with Gasteiger partial charge in [-0.15, -0.1) is 13.2 Å². The highest BCUT2D eigenvalue weighted by Crippen LogP contribution is 2.39. The molecule has 1 aromatic rings. The number of nitriles is 1. The monoisotopic (exact) mass is 487 g/mol. The van der Waals surface area contributed by atoms with Gasteiger partial charge in [-0.05, 0) is 79.9 Å². The van der Waals surface area contributed by atoms with Gasteiger partial charge in [-0.3, -0.25) is 0 Å². The summed E-state index contributed by atoms with van der Waals surface area (Å²) in [5, 5.41) is 8.48. The fourth-order valence-corrected chi connectivity index (χ4v) is 6.01. The Labute approximate surface area is 209 Å². The summed E-state index contributed by atoms with van der Waals surface area (Å²) in [4.78, 5) is 0. The van der Waals surface area contributed by atoms with Gasteiger partial charge in [0.2, 0.25) is 0 Å². The Bertz CT molecular complexity index is 821. The summed E-state index contributed by atoms with van der Waals surface area (Å²) in [5.74, 6) is 2.93. The van der Waals surface area contributed by atoms with Crippen molar-refractivity contribution in [2.24, 2.45) is 17.8 Å². The predicted molar refractivity (Wildman–Crippen MR) is 135 cm³/mol. The Morgan fingerprint density at radius 3 is 1.89 bits per heavy atom. The van der Waals surface area contributed by atoms with Gasteiger partial charge in [0.25, 0.3) is 0 Å². The van der Waals surface area contributed by atoms with E-state index in [1.807, 2.05) is 12.1 Å². The number of hydrogen-bond donors (Lipinski definition) is 0. The summed E-state index contributed by atoms with van der Waals surface area (Å²) >= 11 is 0. The lowest BCUT2D eigenvalue weighted by atomic mass is 9.76. The minimum atomic E-state index is -4.63. The van der Waals surface area contributed by atoms with Crippen LogP contribution in [0.15, 0.2) is 48.6 Å². The number of rotatable bonds is 11. The average molecular weight is 488 g/mol. The van der Waals surface area contributed by atoms with Crippen molar-refractivity contribution >= 4 is 0 Å². The molecule has 2 aliphatic rings. The quantitative estimate of drug-likeness (QED) is 0.177. The van der Waals surface area contributed by atoms with Gasteiger partial charge in [0.15, 0.2) is 0 Å². The van der Waals surface area contributed by atoms with E-state index in [4.69, 9.17) is 5.26 Å². The molecule has 0 atom stereocenters. The van der Waals surface area contributed by atoms with E-state index in [1.165, 1.54) is 88.8 Å². The Balaban J connectivity index is 1.23. The number of allylic oxidation sites excluding steroid dienone is 4. The fraction of sp³-hybridized carbons (Fsp3) is 0.633. The van der Waals surface area contributed by atoms with Crippen molar-refractivity contribution in [3.05, 3.63) is 54.1 Å². The number of benzene rings is 1. The van der Waals surface area contributed by atoms with E-state index in [0.29, 0.717) is 5.92 Å². The van der Waals surface area contributed by atoms with Gasteiger partial charge in [0.05, 0.1) is 6.07 Å². The molecule has 192 valence electrons. The highest BCUT2D eigenvalue weighted by atomic mass is 19.4. The zero-order chi connectivity index (χ0) is 24.9. The number of unbranched alkanes of at least 4 members (excludes halogenated alkanes) is 1. The Morgan fingerprint density at radius 1 is 0.800 bits per heavy atom. The molecule has 5 heteroatoms. The molecular weight excluding hydrogens is 447 g/mol. The standard InChI is InChI=1S/C30H40F3NO/c31-30(32,33)35-29-21-19-28(20-22-29)27-17-15-26(16-18-27)10-6-5-9-25-13-11-24(12-14-25)8-4-2-1-3-7-23-34/h1-3,7,19-22,24-27H,4-6,8-18H2/t24-,25-,26-,27-. The summed E-state index contributed by atoms with van der Waals surface area (Å²) < 4.78 is 41.0. The summed E-state index contributed by atoms with van der Waals surface area (Å²) in [5.41, 5.74) is 1.14. The lowest BCUT2D eigenvalue weighted by molar-refractivity contribution is -0.274. The first-order valence-corrected chi connectivity index (χ1v) is 13.5. The SMILES string of the molecule is N#CC=CC=CCC[C@H]1CC[C@H](CCCC[C@H]2CC[C@H](c3ccc(OC(F)(F)F)cc3)CC2)CC1. The molecule has 2 saturated carbocycles. The molecule has 3 rings (SSSR count). The van der Waals surface area contributed by atoms with E-state index in [0.717, 1.165) is 42.6 Å². The van der Waals surface area contributed by atoms with Crippen molar-refractivity contribution in [2.75, 3.05) is 0 Å². The predicted octanol–water partition coefficient (Wildman–Crippen LogP) is 9.64. The molecule has 0 radical (unpaired) electrons. The highest BCUT2D eigenvalue weighted by molar-refractivity contribution is 5.29. The molecule has 2 aliphatic carbocycles. The van der Waals surface area contributed by atoms with Crippen LogP contribution in [0.5, 0.6) is 5.75 Å². The van der Waals surface area contributed by atoms with Crippen LogP contribution in [0.3, 0.4) is 0 Å². The van der Waals surface area contributed by atoms with Crippen LogP contribution in [0.2, 0.25) is 0 Å². The van der Waals surface area contributed by atoms with Gasteiger partial charge < -0.3 is 4.74 Å². The molecule has 0 aliphatic heterocycles. The molecule has 2 fully saturated rings. The number of nitrogens with zero attached hydrogens (tertiary/aromatic N) is 1. The highest BCUT2D eigenvalue weighted by Gasteiger charge is 2.31. The molecule has 0 N–H and O–H groups in total. The Morgan fingerprint density at radius 2 is 1.34 bits per heavy atom. The maximum absolute atomic E-state index is 12.3. The molecular formula is C30H40F3NO. The van der Waals surface area contributed by atoms with Gasteiger partial charge in [0, 0.05) is 6.08 Å². The number of ether oxygens (including phenoxy) is 1. The van der Waals surface area contributed by atoms with Crippen molar-refractivity contribution in [3.63, 3.8) is 0 Å². The van der Waals surface area contributed by atoms with Gasteiger partial charge in [-0.1, -0.05) is 81.7 Å². The van der Waals surface area contributed by atoms with Crippen molar-refractivity contribution in [2.45, 2.75) is 102 Å². The fourth-order valence-electron chi connectivity index (χ4n) is 6.01. The largest absolute Gasteiger partial charge is 0.573 e. The van der Waals surface area contributed by atoms with Crippen LogP contribution in [0.4, 0.5) is 13.2 Å². The molecule has 0 spiro atoms. The molecule has 35 heavy (non-hydrogen) atoms. The third-order valence-electron chi connectivity index (χ3n) is 8.03. The smallest absolute Gasteiger partial charge is 0.406 e. The molecule has 0 heterocycles. The van der Waals surface area contributed by atoms with Gasteiger partial charge in [-0.2, -0.15) is 5.26 Å². The third kappa shape index (κ3) is 10.5. The maximum Gasteiger partial charge on any atom is 0.573 e. The average Bonchev–Trinajstić information content (AvgIpc) is 2.85. The van der Waals surface area contributed by atoms with Crippen molar-refractivity contribution in [1.82, 2.24) is 0 Å². The lowest BCUT2D eigenvalue weighted by Crippen LogP contribution is -2.17. The van der Waals surface area contributed by atoms with Crippen LogP contribution in [0.25, 0.3) is 0 Å². The van der Waals surface area contributed by atoms with E-state index in [-0.39, 0.29) is 5.75 Å². The van der Waals surface area contributed by atoms with Gasteiger partial charge >= 0.3 is 6.36 Å². The third-order valence-corrected chi connectivity index (χ3v) is 8.03. The summed E-state index contributed by atoms with van der Waals surface area (Å²) in [7, 11) is 0. The van der Waals surface area contributed by atoms with Crippen LogP contribution >= 0.6 is 0 Å². The minimum Gasteiger partial charge on any atom is -0.406 e. The van der Waals surface area contributed by atoms with Crippen LogP contribution in [-0.4, -0.2) is 6.36 Å². The molecule has 0 saturated heterocycles. The van der Waals surface area contributed by atoms with E-state index >= 15 is 0 Å². The van der Waals surface area contributed by atoms with Crippen LogP contribution in [0.1, 0.15) is 101 Å². The van der Waals surface area contributed by atoms with E-state index in [1.54, 1.807) is 18.2 Å². The summed E-state index contributed by atoms with van der Waals surface area (Å²) in [6.07, 6.45) is 20.9. The second-order valence-corrected chi connectivity index (χ2v) is 10.5. The number of alkyl halides is 3. The zero-order valence-electron chi connectivity index (χ0n) is 20.8. The Hall–Kier alpha value is -2.22. The molecule has 0 amide bonds. The normalized spacial score (nSPS) is 25.7. The lowest BCUT2D eigenvalue weighted by Gasteiger charge is -2.30. The van der Waals surface area contributed by atoms with E-state index in [2.05, 4.69) is 10.8 Å². The minimum absolute atomic E-state index is 0.138. The van der Waals surface area contributed by atoms with Gasteiger partial charge in [-0.25, -0.2) is 0 Å². The second-order valence-electron chi connectivity index (χ2n) is 10.5. The molecule has 0 unspecified atom stereocenters. The Kier molecular flexibility index (Phi) is 11.2. The van der Waals surface area contributed by atoms with Crippen LogP contribution in [0, 0.1) is 29.1 Å². The van der Waals surface area contributed by atoms with E-state index < -0.39 is 6.36 Å². The van der Waals surface area contributed by atoms with Crippen LogP contribution < -0.4 is 4.74 Å².